The van der Waals surface area contributed by atoms with Gasteiger partial charge in [-0.15, -0.1) is 0 Å². The van der Waals surface area contributed by atoms with Crippen LogP contribution in [0.3, 0.4) is 0 Å². The highest BCUT2D eigenvalue weighted by Crippen LogP contribution is 2.29. The summed E-state index contributed by atoms with van der Waals surface area (Å²) in [6.07, 6.45) is 0.571. The molecular formula is C19H21F2N3O3. The molecule has 0 aliphatic carbocycles. The molecule has 2 aromatic rings. The van der Waals surface area contributed by atoms with Gasteiger partial charge in [-0.2, -0.15) is 8.78 Å². The summed E-state index contributed by atoms with van der Waals surface area (Å²) in [6, 6.07) is 13.5. The summed E-state index contributed by atoms with van der Waals surface area (Å²) in [7, 11) is 1.60. The topological polar surface area (TPSA) is 68.0 Å². The second-order valence-corrected chi connectivity index (χ2v) is 6.19. The number of alkyl halides is 2. The Hall–Kier alpha value is -2.87. The van der Waals surface area contributed by atoms with Gasteiger partial charge >= 0.3 is 12.6 Å². The van der Waals surface area contributed by atoms with Crippen molar-refractivity contribution in [1.29, 1.82) is 0 Å². The third kappa shape index (κ3) is 4.46. The van der Waals surface area contributed by atoms with Gasteiger partial charge in [0.2, 0.25) is 0 Å². The summed E-state index contributed by atoms with van der Waals surface area (Å²) in [5.74, 6) is 6.67. The summed E-state index contributed by atoms with van der Waals surface area (Å²) in [6.45, 7) is -2.00. The highest BCUT2D eigenvalue weighted by atomic mass is 19.3. The Bertz CT molecular complexity index is 769. The summed E-state index contributed by atoms with van der Waals surface area (Å²) < 4.78 is 33.9. The van der Waals surface area contributed by atoms with Gasteiger partial charge in [0.15, 0.2) is 0 Å². The first-order chi connectivity index (χ1) is 13.0. The number of halogens is 2. The van der Waals surface area contributed by atoms with Crippen LogP contribution in [-0.2, 0) is 6.42 Å². The van der Waals surface area contributed by atoms with Crippen molar-refractivity contribution in [3.63, 3.8) is 0 Å². The Morgan fingerprint density at radius 1 is 1.11 bits per heavy atom. The van der Waals surface area contributed by atoms with Crippen LogP contribution in [0, 0.1) is 0 Å². The van der Waals surface area contributed by atoms with Crippen molar-refractivity contribution in [2.75, 3.05) is 20.2 Å². The Labute approximate surface area is 156 Å². The second kappa shape index (κ2) is 8.22. The van der Waals surface area contributed by atoms with Gasteiger partial charge in [0.1, 0.15) is 11.5 Å². The van der Waals surface area contributed by atoms with E-state index in [4.69, 9.17) is 10.6 Å². The second-order valence-electron chi connectivity index (χ2n) is 6.19. The van der Waals surface area contributed by atoms with E-state index in [1.807, 2.05) is 24.3 Å². The monoisotopic (exact) mass is 377 g/mol. The van der Waals surface area contributed by atoms with Gasteiger partial charge in [-0.3, -0.25) is 5.01 Å². The van der Waals surface area contributed by atoms with E-state index in [9.17, 15) is 13.6 Å². The van der Waals surface area contributed by atoms with E-state index < -0.39 is 6.61 Å². The van der Waals surface area contributed by atoms with E-state index in [-0.39, 0.29) is 17.8 Å². The maximum Gasteiger partial charge on any atom is 0.387 e. The van der Waals surface area contributed by atoms with Crippen molar-refractivity contribution in [1.82, 2.24) is 9.91 Å². The van der Waals surface area contributed by atoms with Crippen LogP contribution in [0.25, 0.3) is 0 Å². The zero-order valence-electron chi connectivity index (χ0n) is 14.8. The first-order valence-electron chi connectivity index (χ1n) is 8.48. The predicted octanol–water partition coefficient (Wildman–Crippen LogP) is 3.19. The minimum absolute atomic E-state index is 0.107. The number of urea groups is 1. The zero-order chi connectivity index (χ0) is 19.4. The number of rotatable bonds is 7. The SMILES string of the molecule is COc1ccc(C2CN(N)C(=O)N2CCc2ccc(OC(F)F)cc2)cc1. The molecule has 0 spiro atoms. The van der Waals surface area contributed by atoms with Gasteiger partial charge in [-0.25, -0.2) is 10.6 Å². The van der Waals surface area contributed by atoms with Crippen LogP contribution in [-0.4, -0.2) is 42.8 Å². The maximum atomic E-state index is 12.4. The fourth-order valence-electron chi connectivity index (χ4n) is 3.11. The molecule has 8 heteroatoms. The molecule has 2 aromatic carbocycles. The van der Waals surface area contributed by atoms with Crippen LogP contribution in [0.1, 0.15) is 17.2 Å². The summed E-state index contributed by atoms with van der Waals surface area (Å²) >= 11 is 0. The number of hydrogen-bond acceptors (Lipinski definition) is 4. The minimum Gasteiger partial charge on any atom is -0.497 e. The molecule has 0 radical (unpaired) electrons. The molecule has 6 nitrogen and oxygen atoms in total. The molecule has 27 heavy (non-hydrogen) atoms. The molecule has 0 bridgehead atoms. The van der Waals surface area contributed by atoms with Crippen molar-refractivity contribution in [2.45, 2.75) is 19.1 Å². The van der Waals surface area contributed by atoms with Gasteiger partial charge in [0, 0.05) is 6.54 Å². The Morgan fingerprint density at radius 2 is 1.74 bits per heavy atom. The lowest BCUT2D eigenvalue weighted by atomic mass is 10.1. The molecular weight excluding hydrogens is 356 g/mol. The molecule has 1 aliphatic rings. The highest BCUT2D eigenvalue weighted by Gasteiger charge is 2.36. The predicted molar refractivity (Wildman–Crippen MR) is 95.5 cm³/mol. The van der Waals surface area contributed by atoms with Gasteiger partial charge in [-0.1, -0.05) is 24.3 Å². The Kier molecular flexibility index (Phi) is 5.75. The lowest BCUT2D eigenvalue weighted by Gasteiger charge is -2.23. The van der Waals surface area contributed by atoms with Gasteiger partial charge in [-0.05, 0) is 41.8 Å². The number of amides is 2. The summed E-state index contributed by atoms with van der Waals surface area (Å²) in [5, 5.41) is 1.20. The number of carbonyl (C=O) groups is 1. The smallest absolute Gasteiger partial charge is 0.387 e. The molecule has 1 unspecified atom stereocenters. The summed E-state index contributed by atoms with van der Waals surface area (Å²) in [4.78, 5) is 14.1. The van der Waals surface area contributed by atoms with Crippen LogP contribution in [0.2, 0.25) is 0 Å². The van der Waals surface area contributed by atoms with Gasteiger partial charge < -0.3 is 14.4 Å². The Balaban J connectivity index is 1.68. The molecule has 1 saturated heterocycles. The average molecular weight is 377 g/mol. The van der Waals surface area contributed by atoms with Crippen LogP contribution in [0.5, 0.6) is 11.5 Å². The van der Waals surface area contributed by atoms with Crippen molar-refractivity contribution in [3.8, 4) is 11.5 Å². The third-order valence-corrected chi connectivity index (χ3v) is 4.53. The third-order valence-electron chi connectivity index (χ3n) is 4.53. The number of hydrogen-bond donors (Lipinski definition) is 1. The van der Waals surface area contributed by atoms with Crippen molar-refractivity contribution in [3.05, 3.63) is 59.7 Å². The van der Waals surface area contributed by atoms with Crippen LogP contribution in [0.4, 0.5) is 13.6 Å². The van der Waals surface area contributed by atoms with Crippen molar-refractivity contribution >= 4 is 6.03 Å². The lowest BCUT2D eigenvalue weighted by Crippen LogP contribution is -2.37. The van der Waals surface area contributed by atoms with Crippen molar-refractivity contribution in [2.24, 2.45) is 5.84 Å². The molecule has 3 rings (SSSR count). The van der Waals surface area contributed by atoms with Crippen LogP contribution in [0.15, 0.2) is 48.5 Å². The molecule has 144 valence electrons. The fourth-order valence-corrected chi connectivity index (χ4v) is 3.11. The van der Waals surface area contributed by atoms with E-state index in [0.717, 1.165) is 16.9 Å². The van der Waals surface area contributed by atoms with Crippen LogP contribution >= 0.6 is 0 Å². The number of nitrogens with zero attached hydrogens (tertiary/aromatic N) is 2. The zero-order valence-corrected chi connectivity index (χ0v) is 14.8. The molecule has 1 heterocycles. The van der Waals surface area contributed by atoms with E-state index in [1.165, 1.54) is 17.1 Å². The summed E-state index contributed by atoms with van der Waals surface area (Å²) in [5.41, 5.74) is 1.88. The lowest BCUT2D eigenvalue weighted by molar-refractivity contribution is -0.0498. The van der Waals surface area contributed by atoms with E-state index in [1.54, 1.807) is 24.1 Å². The first kappa shape index (κ1) is 18.9. The normalized spacial score (nSPS) is 16.9. The molecule has 1 aliphatic heterocycles. The van der Waals surface area contributed by atoms with E-state index >= 15 is 0 Å². The molecule has 0 saturated carbocycles. The quantitative estimate of drug-likeness (QED) is 0.594. The number of methoxy groups -OCH3 is 1. The molecule has 1 fully saturated rings. The number of benzene rings is 2. The van der Waals surface area contributed by atoms with Crippen molar-refractivity contribution < 1.29 is 23.0 Å². The number of carbonyl (C=O) groups excluding carboxylic acids is 1. The van der Waals surface area contributed by atoms with Crippen LogP contribution < -0.4 is 15.3 Å². The fraction of sp³-hybridized carbons (Fsp3) is 0.316. The number of ether oxygens (including phenoxy) is 2. The standard InChI is InChI=1S/C19H21F2N3O3/c1-26-15-8-4-14(5-9-15)17-12-24(22)19(25)23(17)11-10-13-2-6-16(7-3-13)27-18(20)21/h2-9,17-18H,10-12,22H2,1H3. The van der Waals surface area contributed by atoms with Gasteiger partial charge in [0.25, 0.3) is 0 Å². The largest absolute Gasteiger partial charge is 0.497 e. The average Bonchev–Trinajstić information content (AvgIpc) is 2.95. The molecule has 1 atom stereocenters. The number of hydrazine groups is 1. The molecule has 2 N–H and O–H groups in total. The molecule has 0 aromatic heterocycles. The van der Waals surface area contributed by atoms with Gasteiger partial charge in [0.05, 0.1) is 19.7 Å². The molecule has 2 amide bonds. The first-order valence-corrected chi connectivity index (χ1v) is 8.48. The van der Waals surface area contributed by atoms with E-state index in [2.05, 4.69) is 4.74 Å². The minimum atomic E-state index is -2.85. The Morgan fingerprint density at radius 3 is 2.33 bits per heavy atom. The maximum absolute atomic E-state index is 12.4. The number of nitrogens with two attached hydrogens (primary N) is 1. The highest BCUT2D eigenvalue weighted by molar-refractivity contribution is 5.77. The van der Waals surface area contributed by atoms with E-state index in [0.29, 0.717) is 19.5 Å².